The van der Waals surface area contributed by atoms with Crippen molar-refractivity contribution in [3.05, 3.63) is 30.1 Å². The number of carbonyl (C=O) groups is 2. The number of sulfonamides is 1. The molecular formula is C14H18FN3O4S. The lowest BCUT2D eigenvalue weighted by Crippen LogP contribution is -2.51. The van der Waals surface area contributed by atoms with Gasteiger partial charge >= 0.3 is 0 Å². The Bertz CT molecular complexity index is 720. The SMILES string of the molecule is CC(C)C(NS(=O)(=O)c1ccccc1F)C(=O)N1CNC(=O)C1. The Morgan fingerprint density at radius 2 is 2.00 bits per heavy atom. The first-order valence-corrected chi connectivity index (χ1v) is 8.53. The van der Waals surface area contributed by atoms with Gasteiger partial charge in [0.15, 0.2) is 0 Å². The molecular weight excluding hydrogens is 325 g/mol. The van der Waals surface area contributed by atoms with Crippen LogP contribution in [0.15, 0.2) is 29.2 Å². The molecule has 1 aliphatic heterocycles. The smallest absolute Gasteiger partial charge is 0.244 e. The van der Waals surface area contributed by atoms with Crippen molar-refractivity contribution in [1.29, 1.82) is 0 Å². The van der Waals surface area contributed by atoms with E-state index in [1.54, 1.807) is 13.8 Å². The highest BCUT2D eigenvalue weighted by Gasteiger charge is 2.35. The molecule has 126 valence electrons. The molecule has 1 heterocycles. The van der Waals surface area contributed by atoms with Gasteiger partial charge in [-0.2, -0.15) is 4.72 Å². The lowest BCUT2D eigenvalue weighted by atomic mass is 10.0. The highest BCUT2D eigenvalue weighted by molar-refractivity contribution is 7.89. The van der Waals surface area contributed by atoms with Crippen LogP contribution in [-0.2, 0) is 19.6 Å². The van der Waals surface area contributed by atoms with Crippen molar-refractivity contribution in [1.82, 2.24) is 14.9 Å². The Balaban J connectivity index is 2.24. The highest BCUT2D eigenvalue weighted by Crippen LogP contribution is 2.16. The number of nitrogens with one attached hydrogen (secondary N) is 2. The molecule has 2 rings (SSSR count). The number of amides is 2. The molecule has 0 bridgehead atoms. The molecule has 1 unspecified atom stereocenters. The standard InChI is InChI=1S/C14H18FN3O4S/c1-9(2)13(14(20)18-7-12(19)16-8-18)17-23(21,22)11-6-4-3-5-10(11)15/h3-6,9,13,17H,7-8H2,1-2H3,(H,16,19). The molecule has 1 saturated heterocycles. The molecule has 23 heavy (non-hydrogen) atoms. The maximum atomic E-state index is 13.7. The van der Waals surface area contributed by atoms with E-state index in [0.29, 0.717) is 0 Å². The van der Waals surface area contributed by atoms with Crippen LogP contribution in [-0.4, -0.2) is 44.4 Å². The van der Waals surface area contributed by atoms with E-state index in [1.807, 2.05) is 0 Å². The van der Waals surface area contributed by atoms with Crippen molar-refractivity contribution in [3.8, 4) is 0 Å². The largest absolute Gasteiger partial charge is 0.337 e. The summed E-state index contributed by atoms with van der Waals surface area (Å²) in [7, 11) is -4.20. The van der Waals surface area contributed by atoms with E-state index < -0.39 is 32.7 Å². The van der Waals surface area contributed by atoms with Gasteiger partial charge in [-0.15, -0.1) is 0 Å². The van der Waals surface area contributed by atoms with Crippen molar-refractivity contribution in [2.24, 2.45) is 5.92 Å². The minimum Gasteiger partial charge on any atom is -0.337 e. The number of hydrogen-bond acceptors (Lipinski definition) is 4. The molecule has 2 amide bonds. The van der Waals surface area contributed by atoms with Crippen LogP contribution in [0.25, 0.3) is 0 Å². The lowest BCUT2D eigenvalue weighted by Gasteiger charge is -2.25. The molecule has 1 aromatic carbocycles. The summed E-state index contributed by atoms with van der Waals surface area (Å²) in [5, 5.41) is 2.48. The summed E-state index contributed by atoms with van der Waals surface area (Å²) < 4.78 is 40.7. The Kier molecular flexibility index (Phi) is 5.00. The summed E-state index contributed by atoms with van der Waals surface area (Å²) in [6.07, 6.45) is 0. The van der Waals surface area contributed by atoms with Crippen molar-refractivity contribution in [3.63, 3.8) is 0 Å². The molecule has 0 saturated carbocycles. The average molecular weight is 343 g/mol. The zero-order valence-corrected chi connectivity index (χ0v) is 13.6. The molecule has 0 aliphatic carbocycles. The highest BCUT2D eigenvalue weighted by atomic mass is 32.2. The van der Waals surface area contributed by atoms with Crippen molar-refractivity contribution < 1.29 is 22.4 Å². The van der Waals surface area contributed by atoms with Gasteiger partial charge in [0.05, 0.1) is 6.67 Å². The summed E-state index contributed by atoms with van der Waals surface area (Å²) >= 11 is 0. The first-order chi connectivity index (χ1) is 10.7. The molecule has 2 N–H and O–H groups in total. The van der Waals surface area contributed by atoms with Crippen LogP contribution in [0.1, 0.15) is 13.8 Å². The second-order valence-electron chi connectivity index (χ2n) is 5.57. The molecule has 0 aromatic heterocycles. The van der Waals surface area contributed by atoms with Crippen LogP contribution in [0.4, 0.5) is 4.39 Å². The van der Waals surface area contributed by atoms with Gasteiger partial charge in [-0.05, 0) is 18.1 Å². The fourth-order valence-corrected chi connectivity index (χ4v) is 3.60. The number of halogens is 1. The fourth-order valence-electron chi connectivity index (χ4n) is 2.19. The molecule has 7 nitrogen and oxygen atoms in total. The third-order valence-corrected chi connectivity index (χ3v) is 4.93. The van der Waals surface area contributed by atoms with Crippen molar-refractivity contribution >= 4 is 21.8 Å². The van der Waals surface area contributed by atoms with Gasteiger partial charge in [0, 0.05) is 0 Å². The number of rotatable bonds is 5. The zero-order chi connectivity index (χ0) is 17.2. The summed E-state index contributed by atoms with van der Waals surface area (Å²) in [5.41, 5.74) is 0. The first-order valence-electron chi connectivity index (χ1n) is 7.04. The van der Waals surface area contributed by atoms with Crippen LogP contribution < -0.4 is 10.0 Å². The van der Waals surface area contributed by atoms with E-state index in [-0.39, 0.29) is 25.0 Å². The number of hydrogen-bond donors (Lipinski definition) is 2. The Morgan fingerprint density at radius 1 is 1.35 bits per heavy atom. The maximum absolute atomic E-state index is 13.7. The number of nitrogens with zero attached hydrogens (tertiary/aromatic N) is 1. The van der Waals surface area contributed by atoms with E-state index in [1.165, 1.54) is 17.0 Å². The van der Waals surface area contributed by atoms with E-state index >= 15 is 0 Å². The second kappa shape index (κ2) is 6.63. The third-order valence-electron chi connectivity index (χ3n) is 3.45. The monoisotopic (exact) mass is 343 g/mol. The van der Waals surface area contributed by atoms with E-state index in [2.05, 4.69) is 10.0 Å². The minimum absolute atomic E-state index is 0.0301. The Hall–Kier alpha value is -2.00. The van der Waals surface area contributed by atoms with Crippen LogP contribution in [0.5, 0.6) is 0 Å². The summed E-state index contributed by atoms with van der Waals surface area (Å²) in [6.45, 7) is 3.24. The van der Waals surface area contributed by atoms with Crippen LogP contribution in [0.3, 0.4) is 0 Å². The van der Waals surface area contributed by atoms with Crippen LogP contribution in [0, 0.1) is 11.7 Å². The normalized spacial score (nSPS) is 16.5. The van der Waals surface area contributed by atoms with Gasteiger partial charge in [-0.3, -0.25) is 9.59 Å². The van der Waals surface area contributed by atoms with Crippen LogP contribution in [0.2, 0.25) is 0 Å². The average Bonchev–Trinajstić information content (AvgIpc) is 2.91. The van der Waals surface area contributed by atoms with Gasteiger partial charge in [-0.25, -0.2) is 12.8 Å². The third kappa shape index (κ3) is 3.85. The van der Waals surface area contributed by atoms with Gasteiger partial charge in [0.25, 0.3) is 0 Å². The summed E-state index contributed by atoms with van der Waals surface area (Å²) in [4.78, 5) is 24.3. The molecule has 1 aromatic rings. The first kappa shape index (κ1) is 17.4. The predicted octanol–water partition coefficient (Wildman–Crippen LogP) is 0.0445. The molecule has 1 fully saturated rings. The van der Waals surface area contributed by atoms with E-state index in [0.717, 1.165) is 12.1 Å². The zero-order valence-electron chi connectivity index (χ0n) is 12.7. The summed E-state index contributed by atoms with van der Waals surface area (Å²) in [5.74, 6) is -2.11. The minimum atomic E-state index is -4.20. The van der Waals surface area contributed by atoms with E-state index in [9.17, 15) is 22.4 Å². The topological polar surface area (TPSA) is 95.6 Å². The van der Waals surface area contributed by atoms with Crippen molar-refractivity contribution in [2.45, 2.75) is 24.8 Å². The molecule has 0 spiro atoms. The predicted molar refractivity (Wildman–Crippen MR) is 80.1 cm³/mol. The molecule has 1 aliphatic rings. The quantitative estimate of drug-likeness (QED) is 0.789. The second-order valence-corrected chi connectivity index (χ2v) is 7.25. The van der Waals surface area contributed by atoms with Gasteiger partial charge in [0.2, 0.25) is 21.8 Å². The Morgan fingerprint density at radius 3 is 2.52 bits per heavy atom. The van der Waals surface area contributed by atoms with Crippen molar-refractivity contribution in [2.75, 3.05) is 13.2 Å². The molecule has 1 atom stereocenters. The Labute approximate surface area is 133 Å². The van der Waals surface area contributed by atoms with Crippen LogP contribution >= 0.6 is 0 Å². The fraction of sp³-hybridized carbons (Fsp3) is 0.429. The summed E-state index contributed by atoms with van der Waals surface area (Å²) in [6, 6.07) is 3.84. The van der Waals surface area contributed by atoms with Gasteiger partial charge in [-0.1, -0.05) is 26.0 Å². The number of carbonyl (C=O) groups excluding carboxylic acids is 2. The van der Waals surface area contributed by atoms with Gasteiger partial charge < -0.3 is 10.2 Å². The lowest BCUT2D eigenvalue weighted by molar-refractivity contribution is -0.134. The maximum Gasteiger partial charge on any atom is 0.244 e. The van der Waals surface area contributed by atoms with Gasteiger partial charge in [0.1, 0.15) is 23.3 Å². The molecule has 9 heteroatoms. The van der Waals surface area contributed by atoms with E-state index in [4.69, 9.17) is 0 Å². The number of benzene rings is 1. The molecule has 0 radical (unpaired) electrons.